The van der Waals surface area contributed by atoms with Crippen LogP contribution in [0.3, 0.4) is 0 Å². The summed E-state index contributed by atoms with van der Waals surface area (Å²) in [6.45, 7) is 7.02. The van der Waals surface area contributed by atoms with Crippen molar-refractivity contribution < 1.29 is 17.9 Å². The fourth-order valence-electron chi connectivity index (χ4n) is 2.21. The SMILES string of the molecule is CCNC(=NCC(C)Oc1ccccc1OC)NC(C)CCS(C)(=O)=O.I. The highest BCUT2D eigenvalue weighted by Crippen LogP contribution is 2.26. The van der Waals surface area contributed by atoms with Gasteiger partial charge in [0, 0.05) is 18.8 Å². The Bertz CT molecular complexity index is 683. The molecule has 9 heteroatoms. The molecule has 0 radical (unpaired) electrons. The van der Waals surface area contributed by atoms with Crippen molar-refractivity contribution >= 4 is 39.8 Å². The molecule has 0 bridgehead atoms. The molecule has 0 aliphatic carbocycles. The molecule has 0 saturated carbocycles. The number of hydrogen-bond acceptors (Lipinski definition) is 5. The van der Waals surface area contributed by atoms with E-state index >= 15 is 0 Å². The van der Waals surface area contributed by atoms with E-state index in [9.17, 15) is 8.42 Å². The van der Waals surface area contributed by atoms with E-state index < -0.39 is 9.84 Å². The molecular weight excluding hydrogens is 481 g/mol. The third kappa shape index (κ3) is 11.3. The molecular formula is C18H32IN3O4S. The molecule has 7 nitrogen and oxygen atoms in total. The Kier molecular flexibility index (Phi) is 12.4. The first kappa shape index (κ1) is 25.8. The Morgan fingerprint density at radius 1 is 1.22 bits per heavy atom. The van der Waals surface area contributed by atoms with Gasteiger partial charge < -0.3 is 20.1 Å². The molecule has 27 heavy (non-hydrogen) atoms. The van der Waals surface area contributed by atoms with Crippen LogP contribution in [-0.4, -0.2) is 58.7 Å². The number of guanidine groups is 1. The normalized spacial score (nSPS) is 13.9. The van der Waals surface area contributed by atoms with Gasteiger partial charge in [-0.15, -0.1) is 24.0 Å². The van der Waals surface area contributed by atoms with Gasteiger partial charge in [0.05, 0.1) is 19.4 Å². The Hall–Kier alpha value is -1.23. The van der Waals surface area contributed by atoms with Crippen molar-refractivity contribution in [1.82, 2.24) is 10.6 Å². The van der Waals surface area contributed by atoms with Gasteiger partial charge >= 0.3 is 0 Å². The number of benzene rings is 1. The third-order valence-electron chi connectivity index (χ3n) is 3.55. The van der Waals surface area contributed by atoms with Crippen LogP contribution in [0.5, 0.6) is 11.5 Å². The van der Waals surface area contributed by atoms with Gasteiger partial charge in [0.25, 0.3) is 0 Å². The number of sulfone groups is 1. The zero-order valence-electron chi connectivity index (χ0n) is 16.7. The lowest BCUT2D eigenvalue weighted by Crippen LogP contribution is -2.43. The average molecular weight is 513 g/mol. The van der Waals surface area contributed by atoms with Gasteiger partial charge in [0.15, 0.2) is 17.5 Å². The van der Waals surface area contributed by atoms with Crippen LogP contribution in [0.2, 0.25) is 0 Å². The summed E-state index contributed by atoms with van der Waals surface area (Å²) in [4.78, 5) is 4.53. The van der Waals surface area contributed by atoms with E-state index in [2.05, 4.69) is 15.6 Å². The maximum atomic E-state index is 11.3. The first-order valence-corrected chi connectivity index (χ1v) is 10.8. The lowest BCUT2D eigenvalue weighted by molar-refractivity contribution is 0.219. The molecule has 2 atom stereocenters. The second kappa shape index (κ2) is 13.0. The zero-order valence-corrected chi connectivity index (χ0v) is 19.8. The standard InChI is InChI=1S/C18H31N3O4S.HI/c1-6-19-18(21-14(2)11-12-26(5,22)23)20-13-15(3)25-17-10-8-7-9-16(17)24-4;/h7-10,14-15H,6,11-13H2,1-5H3,(H2,19,20,21);1H. The van der Waals surface area contributed by atoms with Crippen molar-refractivity contribution in [2.75, 3.05) is 32.2 Å². The van der Waals surface area contributed by atoms with Gasteiger partial charge in [0.1, 0.15) is 15.9 Å². The van der Waals surface area contributed by atoms with E-state index in [1.165, 1.54) is 6.26 Å². The molecule has 0 aromatic heterocycles. The molecule has 0 saturated heterocycles. The lowest BCUT2D eigenvalue weighted by atomic mass is 10.3. The van der Waals surface area contributed by atoms with Gasteiger partial charge in [-0.1, -0.05) is 12.1 Å². The summed E-state index contributed by atoms with van der Waals surface area (Å²) in [6, 6.07) is 7.48. The van der Waals surface area contributed by atoms with Crippen molar-refractivity contribution in [3.8, 4) is 11.5 Å². The largest absolute Gasteiger partial charge is 0.493 e. The smallest absolute Gasteiger partial charge is 0.191 e. The van der Waals surface area contributed by atoms with E-state index in [0.717, 1.165) is 0 Å². The summed E-state index contributed by atoms with van der Waals surface area (Å²) in [7, 11) is -1.36. The van der Waals surface area contributed by atoms with Crippen LogP contribution in [-0.2, 0) is 9.84 Å². The number of para-hydroxylation sites is 2. The van der Waals surface area contributed by atoms with Crippen LogP contribution in [0.25, 0.3) is 0 Å². The number of nitrogens with zero attached hydrogens (tertiary/aromatic N) is 1. The van der Waals surface area contributed by atoms with Crippen molar-refractivity contribution in [2.45, 2.75) is 39.3 Å². The van der Waals surface area contributed by atoms with Gasteiger partial charge in [-0.25, -0.2) is 13.4 Å². The summed E-state index contributed by atoms with van der Waals surface area (Å²) in [5, 5.41) is 6.39. The Morgan fingerprint density at radius 2 is 1.85 bits per heavy atom. The van der Waals surface area contributed by atoms with Crippen molar-refractivity contribution in [3.05, 3.63) is 24.3 Å². The van der Waals surface area contributed by atoms with Gasteiger partial charge in [-0.05, 0) is 39.3 Å². The second-order valence-electron chi connectivity index (χ2n) is 6.26. The number of hydrogen-bond donors (Lipinski definition) is 2. The molecule has 1 aromatic rings. The van der Waals surface area contributed by atoms with Crippen molar-refractivity contribution in [2.24, 2.45) is 4.99 Å². The van der Waals surface area contributed by atoms with Crippen LogP contribution >= 0.6 is 24.0 Å². The summed E-state index contributed by atoms with van der Waals surface area (Å²) in [5.74, 6) is 2.15. The molecule has 0 heterocycles. The summed E-state index contributed by atoms with van der Waals surface area (Å²) < 4.78 is 33.8. The highest BCUT2D eigenvalue weighted by molar-refractivity contribution is 14.0. The minimum Gasteiger partial charge on any atom is -0.493 e. The summed E-state index contributed by atoms with van der Waals surface area (Å²) in [5.41, 5.74) is 0. The predicted octanol–water partition coefficient (Wildman–Crippen LogP) is 2.46. The molecule has 156 valence electrons. The predicted molar refractivity (Wildman–Crippen MR) is 121 cm³/mol. The molecule has 0 aliphatic rings. The number of rotatable bonds is 10. The number of methoxy groups -OCH3 is 1. The minimum atomic E-state index is -2.97. The van der Waals surface area contributed by atoms with Crippen LogP contribution < -0.4 is 20.1 Å². The number of ether oxygens (including phenoxy) is 2. The van der Waals surface area contributed by atoms with E-state index in [4.69, 9.17) is 9.47 Å². The fraction of sp³-hybridized carbons (Fsp3) is 0.611. The van der Waals surface area contributed by atoms with E-state index in [1.807, 2.05) is 45.0 Å². The number of aliphatic imine (C=N–C) groups is 1. The maximum Gasteiger partial charge on any atom is 0.191 e. The quantitative estimate of drug-likeness (QED) is 0.284. The minimum absolute atomic E-state index is 0. The summed E-state index contributed by atoms with van der Waals surface area (Å²) in [6.07, 6.45) is 1.62. The van der Waals surface area contributed by atoms with Crippen LogP contribution in [0.15, 0.2) is 29.3 Å². The Balaban J connectivity index is 0.00000676. The van der Waals surface area contributed by atoms with Crippen LogP contribution in [0, 0.1) is 0 Å². The van der Waals surface area contributed by atoms with E-state index in [-0.39, 0.29) is 41.9 Å². The van der Waals surface area contributed by atoms with Crippen LogP contribution in [0.1, 0.15) is 27.2 Å². The van der Waals surface area contributed by atoms with Crippen molar-refractivity contribution in [1.29, 1.82) is 0 Å². The third-order valence-corrected chi connectivity index (χ3v) is 4.53. The van der Waals surface area contributed by atoms with Gasteiger partial charge in [-0.3, -0.25) is 0 Å². The summed E-state index contributed by atoms with van der Waals surface area (Å²) >= 11 is 0. The van der Waals surface area contributed by atoms with Gasteiger partial charge in [-0.2, -0.15) is 0 Å². The molecule has 1 rings (SSSR count). The Morgan fingerprint density at radius 3 is 2.41 bits per heavy atom. The zero-order chi connectivity index (χ0) is 19.6. The van der Waals surface area contributed by atoms with E-state index in [1.54, 1.807) is 7.11 Å². The highest BCUT2D eigenvalue weighted by atomic mass is 127. The monoisotopic (exact) mass is 513 g/mol. The first-order chi connectivity index (χ1) is 12.2. The fourth-order valence-corrected chi connectivity index (χ4v) is 2.99. The second-order valence-corrected chi connectivity index (χ2v) is 8.52. The molecule has 1 aromatic carbocycles. The van der Waals surface area contributed by atoms with Crippen LogP contribution in [0.4, 0.5) is 0 Å². The maximum absolute atomic E-state index is 11.3. The first-order valence-electron chi connectivity index (χ1n) is 8.77. The Labute approximate surface area is 180 Å². The lowest BCUT2D eigenvalue weighted by Gasteiger charge is -2.19. The number of halogens is 1. The number of nitrogens with one attached hydrogen (secondary N) is 2. The molecule has 0 amide bonds. The topological polar surface area (TPSA) is 89.0 Å². The molecule has 0 aliphatic heterocycles. The molecule has 2 unspecified atom stereocenters. The van der Waals surface area contributed by atoms with Crippen molar-refractivity contribution in [3.63, 3.8) is 0 Å². The van der Waals surface area contributed by atoms with E-state index in [0.29, 0.717) is 37.0 Å². The highest BCUT2D eigenvalue weighted by Gasteiger charge is 2.11. The molecule has 0 fully saturated rings. The molecule has 0 spiro atoms. The molecule has 2 N–H and O–H groups in total. The average Bonchev–Trinajstić information content (AvgIpc) is 2.58. The van der Waals surface area contributed by atoms with Gasteiger partial charge in [0.2, 0.25) is 0 Å².